The Balaban J connectivity index is 1.62. The van der Waals surface area contributed by atoms with Gasteiger partial charge in [0, 0.05) is 48.3 Å². The number of nitrogens with zero attached hydrogens (tertiary/aromatic N) is 3. The summed E-state index contributed by atoms with van der Waals surface area (Å²) in [7, 11) is 0. The number of benzene rings is 1. The zero-order valence-electron chi connectivity index (χ0n) is 13.9. The summed E-state index contributed by atoms with van der Waals surface area (Å²) < 4.78 is 5.32. The predicted octanol–water partition coefficient (Wildman–Crippen LogP) is 2.88. The van der Waals surface area contributed by atoms with Crippen molar-refractivity contribution in [2.75, 3.05) is 18.0 Å². The number of para-hydroxylation sites is 1. The van der Waals surface area contributed by atoms with E-state index < -0.39 is 0 Å². The minimum atomic E-state index is -0.373. The van der Waals surface area contributed by atoms with Crippen molar-refractivity contribution in [2.45, 2.75) is 26.4 Å². The van der Waals surface area contributed by atoms with Gasteiger partial charge >= 0.3 is 0 Å². The molecule has 0 unspecified atom stereocenters. The third-order valence-corrected chi connectivity index (χ3v) is 4.71. The highest BCUT2D eigenvalue weighted by Gasteiger charge is 2.33. The van der Waals surface area contributed by atoms with Gasteiger partial charge in [-0.1, -0.05) is 23.4 Å². The number of β-amino-alcohol motifs (C(OH)–C–C–N with tert-alkyl or cyclic N) is 1. The molecular weight excluding hydrogens is 302 g/mol. The molecule has 3 heterocycles. The Bertz CT molecular complexity index is 874. The van der Waals surface area contributed by atoms with Crippen LogP contribution >= 0.6 is 0 Å². The lowest BCUT2D eigenvalue weighted by molar-refractivity contribution is 0.143. The maximum atomic E-state index is 10.5. The van der Waals surface area contributed by atoms with Crippen LogP contribution in [0.3, 0.4) is 0 Å². The van der Waals surface area contributed by atoms with E-state index in [-0.39, 0.29) is 12.0 Å². The van der Waals surface area contributed by atoms with Gasteiger partial charge < -0.3 is 14.5 Å². The molecule has 0 saturated carbocycles. The van der Waals surface area contributed by atoms with Gasteiger partial charge in [0.05, 0.1) is 17.3 Å². The van der Waals surface area contributed by atoms with Crippen molar-refractivity contribution in [1.82, 2.24) is 10.1 Å². The first-order valence-corrected chi connectivity index (χ1v) is 8.32. The Morgan fingerprint density at radius 1 is 1.17 bits per heavy atom. The topological polar surface area (TPSA) is 62.4 Å². The third-order valence-electron chi connectivity index (χ3n) is 4.71. The lowest BCUT2D eigenvalue weighted by Gasteiger charge is -2.20. The number of aryl methyl sites for hydroxylation is 2. The van der Waals surface area contributed by atoms with Crippen LogP contribution in [-0.4, -0.2) is 34.4 Å². The summed E-state index contributed by atoms with van der Waals surface area (Å²) in [6.07, 6.45) is 0.336. The number of hydrogen-bond acceptors (Lipinski definition) is 5. The Morgan fingerprint density at radius 3 is 2.79 bits per heavy atom. The summed E-state index contributed by atoms with van der Waals surface area (Å²) in [5, 5.41) is 15.6. The van der Waals surface area contributed by atoms with E-state index in [1.54, 1.807) is 0 Å². The summed E-state index contributed by atoms with van der Waals surface area (Å²) >= 11 is 0. The lowest BCUT2D eigenvalue weighted by Crippen LogP contribution is -2.21. The van der Waals surface area contributed by atoms with Crippen molar-refractivity contribution in [1.29, 1.82) is 0 Å². The molecule has 24 heavy (non-hydrogen) atoms. The van der Waals surface area contributed by atoms with Gasteiger partial charge in [0.1, 0.15) is 5.76 Å². The molecule has 1 aliphatic rings. The van der Waals surface area contributed by atoms with E-state index in [4.69, 9.17) is 4.52 Å². The average Bonchev–Trinajstić information content (AvgIpc) is 3.13. The molecule has 0 spiro atoms. The molecule has 2 atom stereocenters. The van der Waals surface area contributed by atoms with E-state index in [1.807, 2.05) is 38.1 Å². The fraction of sp³-hybridized carbons (Fsp3) is 0.368. The number of aliphatic hydroxyl groups is 1. The first-order chi connectivity index (χ1) is 11.6. The van der Waals surface area contributed by atoms with Crippen molar-refractivity contribution >= 4 is 16.6 Å². The van der Waals surface area contributed by atoms with Gasteiger partial charge in [-0.3, -0.25) is 4.98 Å². The molecule has 4 rings (SSSR count). The van der Waals surface area contributed by atoms with E-state index in [9.17, 15) is 5.11 Å². The molecule has 1 saturated heterocycles. The Morgan fingerprint density at radius 2 is 2.00 bits per heavy atom. The average molecular weight is 323 g/mol. The van der Waals surface area contributed by atoms with Gasteiger partial charge in [0.15, 0.2) is 0 Å². The molecule has 124 valence electrons. The molecule has 3 aromatic rings. The maximum Gasteiger partial charge on any atom is 0.137 e. The number of pyridine rings is 1. The second kappa shape index (κ2) is 5.91. The van der Waals surface area contributed by atoms with Crippen LogP contribution in [0.5, 0.6) is 0 Å². The van der Waals surface area contributed by atoms with Gasteiger partial charge in [0.2, 0.25) is 0 Å². The zero-order valence-corrected chi connectivity index (χ0v) is 13.9. The SMILES string of the molecule is Cc1cc(C[C@@H]2CN(c3cc(C)nc4ccccc34)C[C@@H]2O)on1. The van der Waals surface area contributed by atoms with E-state index in [2.05, 4.69) is 27.2 Å². The molecule has 1 fully saturated rings. The van der Waals surface area contributed by atoms with Crippen molar-refractivity contribution in [3.05, 3.63) is 53.5 Å². The molecule has 5 heteroatoms. The molecule has 1 N–H and O–H groups in total. The molecule has 2 aromatic heterocycles. The molecule has 0 aliphatic carbocycles. The van der Waals surface area contributed by atoms with Gasteiger partial charge in [-0.05, 0) is 26.0 Å². The largest absolute Gasteiger partial charge is 0.391 e. The van der Waals surface area contributed by atoms with Gasteiger partial charge in [-0.25, -0.2) is 0 Å². The lowest BCUT2D eigenvalue weighted by atomic mass is 10.0. The Hall–Kier alpha value is -2.40. The Kier molecular flexibility index (Phi) is 3.73. The number of anilines is 1. The molecule has 0 radical (unpaired) electrons. The first-order valence-electron chi connectivity index (χ1n) is 8.32. The minimum absolute atomic E-state index is 0.143. The number of rotatable bonds is 3. The summed E-state index contributed by atoms with van der Waals surface area (Å²) in [5.74, 6) is 0.985. The maximum absolute atomic E-state index is 10.5. The highest BCUT2D eigenvalue weighted by molar-refractivity contribution is 5.92. The Labute approximate surface area is 140 Å². The summed E-state index contributed by atoms with van der Waals surface area (Å²) in [6.45, 7) is 5.35. The van der Waals surface area contributed by atoms with Crippen LogP contribution < -0.4 is 4.90 Å². The van der Waals surface area contributed by atoms with Crippen LogP contribution in [0, 0.1) is 19.8 Å². The van der Waals surface area contributed by atoms with E-state index in [0.717, 1.165) is 40.3 Å². The number of hydrogen-bond donors (Lipinski definition) is 1. The van der Waals surface area contributed by atoms with Crippen molar-refractivity contribution in [3.8, 4) is 0 Å². The van der Waals surface area contributed by atoms with Gasteiger partial charge in [-0.15, -0.1) is 0 Å². The fourth-order valence-corrected chi connectivity index (χ4v) is 3.57. The second-order valence-electron chi connectivity index (χ2n) is 6.67. The predicted molar refractivity (Wildman–Crippen MR) is 93.1 cm³/mol. The quantitative estimate of drug-likeness (QED) is 0.803. The van der Waals surface area contributed by atoms with Crippen molar-refractivity contribution in [2.24, 2.45) is 5.92 Å². The monoisotopic (exact) mass is 323 g/mol. The van der Waals surface area contributed by atoms with Crippen LogP contribution in [0.25, 0.3) is 10.9 Å². The molecule has 0 amide bonds. The van der Waals surface area contributed by atoms with Crippen LogP contribution in [-0.2, 0) is 6.42 Å². The van der Waals surface area contributed by atoms with Gasteiger partial charge in [-0.2, -0.15) is 0 Å². The fourth-order valence-electron chi connectivity index (χ4n) is 3.57. The van der Waals surface area contributed by atoms with Crippen LogP contribution in [0.4, 0.5) is 5.69 Å². The minimum Gasteiger partial charge on any atom is -0.391 e. The highest BCUT2D eigenvalue weighted by Crippen LogP contribution is 2.32. The van der Waals surface area contributed by atoms with Crippen LogP contribution in [0.2, 0.25) is 0 Å². The molecule has 1 aliphatic heterocycles. The standard InChI is InChI=1S/C19H21N3O2/c1-12-8-18(16-5-3-4-6-17(16)20-12)22-10-14(19(23)11-22)9-15-7-13(2)21-24-15/h3-8,14,19,23H,9-11H2,1-2H3/t14-,19+/m1/s1. The van der Waals surface area contributed by atoms with Crippen molar-refractivity contribution in [3.63, 3.8) is 0 Å². The van der Waals surface area contributed by atoms with E-state index >= 15 is 0 Å². The number of aromatic nitrogens is 2. The summed E-state index contributed by atoms with van der Waals surface area (Å²) in [4.78, 5) is 6.86. The normalized spacial score (nSPS) is 20.9. The van der Waals surface area contributed by atoms with Gasteiger partial charge in [0.25, 0.3) is 0 Å². The van der Waals surface area contributed by atoms with E-state index in [1.165, 1.54) is 0 Å². The van der Waals surface area contributed by atoms with Crippen LogP contribution in [0.15, 0.2) is 40.9 Å². The number of aliphatic hydroxyl groups excluding tert-OH is 1. The summed E-state index contributed by atoms with van der Waals surface area (Å²) in [5.41, 5.74) is 4.02. The zero-order chi connectivity index (χ0) is 16.7. The molecule has 5 nitrogen and oxygen atoms in total. The summed E-state index contributed by atoms with van der Waals surface area (Å²) in [6, 6.07) is 12.2. The molecule has 1 aromatic carbocycles. The second-order valence-corrected chi connectivity index (χ2v) is 6.67. The van der Waals surface area contributed by atoms with Crippen molar-refractivity contribution < 1.29 is 9.63 Å². The smallest absolute Gasteiger partial charge is 0.137 e. The van der Waals surface area contributed by atoms with E-state index in [0.29, 0.717) is 13.0 Å². The highest BCUT2D eigenvalue weighted by atomic mass is 16.5. The first kappa shape index (κ1) is 15.1. The third kappa shape index (κ3) is 2.76. The number of fused-ring (bicyclic) bond motifs is 1. The molecular formula is C19H21N3O2. The molecule has 0 bridgehead atoms. The van der Waals surface area contributed by atoms with Crippen LogP contribution in [0.1, 0.15) is 17.1 Å².